The van der Waals surface area contributed by atoms with E-state index in [2.05, 4.69) is 20.8 Å². The van der Waals surface area contributed by atoms with E-state index in [1.807, 2.05) is 0 Å². The summed E-state index contributed by atoms with van der Waals surface area (Å²) in [5, 5.41) is 1.78. The van der Waals surface area contributed by atoms with E-state index in [-0.39, 0.29) is 11.6 Å². The molecular formula is C11H10N4O2S. The average molecular weight is 262 g/mol. The minimum absolute atomic E-state index is 0.145. The molecule has 92 valence electrons. The van der Waals surface area contributed by atoms with E-state index in [4.69, 9.17) is 0 Å². The second-order valence-electron chi connectivity index (χ2n) is 3.43. The van der Waals surface area contributed by atoms with Crippen molar-refractivity contribution in [2.24, 2.45) is 0 Å². The van der Waals surface area contributed by atoms with Gasteiger partial charge in [0.1, 0.15) is 5.69 Å². The van der Waals surface area contributed by atoms with Crippen LogP contribution in [-0.2, 0) is 0 Å². The fourth-order valence-corrected chi connectivity index (χ4v) is 1.78. The molecule has 0 radical (unpaired) electrons. The first-order valence-corrected chi connectivity index (χ1v) is 5.97. The van der Waals surface area contributed by atoms with E-state index in [1.165, 1.54) is 23.7 Å². The van der Waals surface area contributed by atoms with E-state index in [9.17, 15) is 9.59 Å². The van der Waals surface area contributed by atoms with Crippen molar-refractivity contribution in [2.75, 3.05) is 0 Å². The summed E-state index contributed by atoms with van der Waals surface area (Å²) in [6.07, 6.45) is 2.83. The first-order chi connectivity index (χ1) is 8.66. The molecule has 2 aromatic rings. The van der Waals surface area contributed by atoms with Crippen LogP contribution in [0.5, 0.6) is 0 Å². The summed E-state index contributed by atoms with van der Waals surface area (Å²) < 4.78 is 0. The number of carbonyl (C=O) groups excluding carboxylic acids is 2. The maximum atomic E-state index is 11.6. The number of aromatic nitrogens is 2. The van der Waals surface area contributed by atoms with Gasteiger partial charge in [-0.25, -0.2) is 4.98 Å². The Morgan fingerprint density at radius 2 is 1.94 bits per heavy atom. The molecule has 0 bridgehead atoms. The third kappa shape index (κ3) is 2.89. The summed E-state index contributed by atoms with van der Waals surface area (Å²) in [6, 6.07) is 3.42. The molecule has 0 aliphatic carbocycles. The van der Waals surface area contributed by atoms with Crippen molar-refractivity contribution >= 4 is 23.2 Å². The monoisotopic (exact) mass is 262 g/mol. The molecule has 0 fully saturated rings. The number of thiophene rings is 1. The predicted molar refractivity (Wildman–Crippen MR) is 66.0 cm³/mol. The Morgan fingerprint density at radius 1 is 1.17 bits per heavy atom. The van der Waals surface area contributed by atoms with Crippen molar-refractivity contribution in [3.05, 3.63) is 46.2 Å². The molecule has 0 unspecified atom stereocenters. The van der Waals surface area contributed by atoms with Gasteiger partial charge < -0.3 is 0 Å². The highest BCUT2D eigenvalue weighted by Crippen LogP contribution is 2.07. The van der Waals surface area contributed by atoms with Crippen molar-refractivity contribution in [3.63, 3.8) is 0 Å². The molecule has 2 aromatic heterocycles. The van der Waals surface area contributed by atoms with Crippen LogP contribution in [0.2, 0.25) is 0 Å². The third-order valence-electron chi connectivity index (χ3n) is 2.05. The fraction of sp³-hybridized carbons (Fsp3) is 0.0909. The quantitative estimate of drug-likeness (QED) is 0.788. The number of nitrogens with zero attached hydrogens (tertiary/aromatic N) is 2. The Labute approximate surface area is 107 Å². The van der Waals surface area contributed by atoms with Crippen LogP contribution in [0.15, 0.2) is 29.9 Å². The number of hydrazine groups is 1. The highest BCUT2D eigenvalue weighted by Gasteiger charge is 2.10. The van der Waals surface area contributed by atoms with Crippen molar-refractivity contribution in [1.29, 1.82) is 0 Å². The van der Waals surface area contributed by atoms with Gasteiger partial charge in [0.2, 0.25) is 0 Å². The van der Waals surface area contributed by atoms with Gasteiger partial charge in [0.15, 0.2) is 0 Å². The zero-order valence-corrected chi connectivity index (χ0v) is 10.3. The van der Waals surface area contributed by atoms with Gasteiger partial charge in [0.25, 0.3) is 11.8 Å². The van der Waals surface area contributed by atoms with E-state index in [0.29, 0.717) is 10.6 Å². The molecule has 0 aliphatic heterocycles. The Kier molecular flexibility index (Phi) is 3.63. The average Bonchev–Trinajstić information content (AvgIpc) is 2.90. The van der Waals surface area contributed by atoms with Crippen LogP contribution >= 0.6 is 11.3 Å². The first kappa shape index (κ1) is 12.2. The van der Waals surface area contributed by atoms with E-state index in [0.717, 1.165) is 0 Å². The molecule has 6 nitrogen and oxygen atoms in total. The molecule has 2 heterocycles. The van der Waals surface area contributed by atoms with Crippen LogP contribution in [0.4, 0.5) is 0 Å². The van der Waals surface area contributed by atoms with Gasteiger partial charge in [0, 0.05) is 6.20 Å². The number of amides is 2. The summed E-state index contributed by atoms with van der Waals surface area (Å²) in [4.78, 5) is 31.5. The van der Waals surface area contributed by atoms with Crippen molar-refractivity contribution < 1.29 is 9.59 Å². The highest BCUT2D eigenvalue weighted by atomic mass is 32.1. The van der Waals surface area contributed by atoms with E-state index in [1.54, 1.807) is 24.4 Å². The van der Waals surface area contributed by atoms with Gasteiger partial charge in [-0.2, -0.15) is 0 Å². The number of aryl methyl sites for hydroxylation is 1. The number of rotatable bonds is 2. The van der Waals surface area contributed by atoms with Gasteiger partial charge in [-0.05, 0) is 18.4 Å². The minimum Gasteiger partial charge on any atom is -0.266 e. The second kappa shape index (κ2) is 5.37. The Bertz CT molecular complexity index is 551. The SMILES string of the molecule is Cc1cnc(C(=O)NNC(=O)c2cccs2)cn1. The number of hydrogen-bond acceptors (Lipinski definition) is 5. The van der Waals surface area contributed by atoms with E-state index >= 15 is 0 Å². The fourth-order valence-electron chi connectivity index (χ4n) is 1.16. The van der Waals surface area contributed by atoms with Crippen molar-refractivity contribution in [2.45, 2.75) is 6.92 Å². The second-order valence-corrected chi connectivity index (χ2v) is 4.38. The van der Waals surface area contributed by atoms with Gasteiger partial charge in [0.05, 0.1) is 16.8 Å². The highest BCUT2D eigenvalue weighted by molar-refractivity contribution is 7.12. The largest absolute Gasteiger partial charge is 0.289 e. The topological polar surface area (TPSA) is 84.0 Å². The van der Waals surface area contributed by atoms with Crippen LogP contribution in [-0.4, -0.2) is 21.8 Å². The molecule has 2 rings (SSSR count). The molecule has 0 aromatic carbocycles. The lowest BCUT2D eigenvalue weighted by molar-refractivity contribution is 0.0846. The summed E-state index contributed by atoms with van der Waals surface area (Å²) in [6.45, 7) is 1.77. The van der Waals surface area contributed by atoms with Gasteiger partial charge in [-0.1, -0.05) is 6.07 Å². The number of hydrogen-bond donors (Lipinski definition) is 2. The number of carbonyl (C=O) groups is 2. The van der Waals surface area contributed by atoms with Crippen molar-refractivity contribution in [1.82, 2.24) is 20.8 Å². The smallest absolute Gasteiger partial charge is 0.266 e. The molecule has 0 atom stereocenters. The standard InChI is InChI=1S/C11H10N4O2S/c1-7-5-13-8(6-12-7)10(16)14-15-11(17)9-3-2-4-18-9/h2-6H,1H3,(H,14,16)(H,15,17). The Morgan fingerprint density at radius 3 is 2.56 bits per heavy atom. The summed E-state index contributed by atoms with van der Waals surface area (Å²) >= 11 is 1.29. The normalized spacial score (nSPS) is 9.83. The molecule has 0 spiro atoms. The Hall–Kier alpha value is -2.28. The van der Waals surface area contributed by atoms with Gasteiger partial charge in [-0.3, -0.25) is 25.4 Å². The van der Waals surface area contributed by atoms with Crippen LogP contribution in [0, 0.1) is 6.92 Å². The maximum Gasteiger partial charge on any atom is 0.289 e. The third-order valence-corrected chi connectivity index (χ3v) is 2.92. The lowest BCUT2D eigenvalue weighted by Crippen LogP contribution is -2.41. The first-order valence-electron chi connectivity index (χ1n) is 5.09. The summed E-state index contributed by atoms with van der Waals surface area (Å²) in [5.41, 5.74) is 5.44. The van der Waals surface area contributed by atoms with Gasteiger partial charge >= 0.3 is 0 Å². The molecule has 0 saturated heterocycles. The maximum absolute atomic E-state index is 11.6. The van der Waals surface area contributed by atoms with E-state index < -0.39 is 5.91 Å². The lowest BCUT2D eigenvalue weighted by Gasteiger charge is -2.05. The molecule has 18 heavy (non-hydrogen) atoms. The number of nitrogens with one attached hydrogen (secondary N) is 2. The molecule has 0 saturated carbocycles. The van der Waals surface area contributed by atoms with Crippen molar-refractivity contribution in [3.8, 4) is 0 Å². The van der Waals surface area contributed by atoms with Crippen LogP contribution < -0.4 is 10.9 Å². The summed E-state index contributed by atoms with van der Waals surface area (Å²) in [5.74, 6) is -0.870. The Balaban J connectivity index is 1.92. The summed E-state index contributed by atoms with van der Waals surface area (Å²) in [7, 11) is 0. The molecule has 2 N–H and O–H groups in total. The van der Waals surface area contributed by atoms with Crippen LogP contribution in [0.3, 0.4) is 0 Å². The molecule has 2 amide bonds. The molecular weight excluding hydrogens is 252 g/mol. The minimum atomic E-state index is -0.507. The van der Waals surface area contributed by atoms with Crippen LogP contribution in [0.25, 0.3) is 0 Å². The molecule has 7 heteroatoms. The zero-order chi connectivity index (χ0) is 13.0. The predicted octanol–water partition coefficient (Wildman–Crippen LogP) is 0.921. The van der Waals surface area contributed by atoms with Crippen LogP contribution in [0.1, 0.15) is 25.9 Å². The lowest BCUT2D eigenvalue weighted by atomic mass is 10.4. The van der Waals surface area contributed by atoms with Gasteiger partial charge in [-0.15, -0.1) is 11.3 Å². The molecule has 0 aliphatic rings. The zero-order valence-electron chi connectivity index (χ0n) is 9.51.